The summed E-state index contributed by atoms with van der Waals surface area (Å²) in [5.74, 6) is -0.756. The van der Waals surface area contributed by atoms with Crippen LogP contribution in [0.25, 0.3) is 0 Å². The fourth-order valence-electron chi connectivity index (χ4n) is 7.70. The monoisotopic (exact) mass is 1190 g/mol. The number of carbonyl (C=O) groups excluding carboxylic acids is 1. The van der Waals surface area contributed by atoms with Crippen LogP contribution in [-0.4, -0.2) is 21.1 Å². The second-order valence-electron chi connectivity index (χ2n) is 16.1. The van der Waals surface area contributed by atoms with Crippen LogP contribution >= 0.6 is 34.8 Å². The van der Waals surface area contributed by atoms with Crippen molar-refractivity contribution in [2.24, 2.45) is 0 Å². The van der Waals surface area contributed by atoms with Gasteiger partial charge in [0.15, 0.2) is 12.7 Å². The number of rotatable bonds is 7. The Labute approximate surface area is 429 Å². The lowest BCUT2D eigenvalue weighted by Crippen LogP contribution is -2.75. The van der Waals surface area contributed by atoms with E-state index in [0.29, 0.717) is 6.54 Å². The van der Waals surface area contributed by atoms with E-state index in [1.54, 1.807) is 17.0 Å². The number of alkyl halides is 27. The topological polar surface area (TPSA) is 43.1 Å². The van der Waals surface area contributed by atoms with Gasteiger partial charge in [0.25, 0.3) is 0 Å². The van der Waals surface area contributed by atoms with Crippen LogP contribution in [-0.2, 0) is 60.7 Å². The van der Waals surface area contributed by atoms with Crippen molar-refractivity contribution in [2.75, 3.05) is 0 Å². The molecule has 0 amide bonds. The van der Waals surface area contributed by atoms with Gasteiger partial charge in [-0.3, -0.25) is 4.98 Å². The Morgan fingerprint density at radius 3 is 0.922 bits per heavy atom. The summed E-state index contributed by atoms with van der Waals surface area (Å²) in [7, 11) is 0. The second kappa shape index (κ2) is 21.3. The summed E-state index contributed by atoms with van der Waals surface area (Å²) in [6, 6.07) is 0.815. The number of nitrogens with zero attached hydrogens (tertiary/aromatic N) is 2. The molecule has 0 saturated carbocycles. The predicted octanol–water partition coefficient (Wildman–Crippen LogP) is 14.1. The molecule has 0 bridgehead atoms. The number of ether oxygens (including phenoxy) is 1. The molecule has 0 atom stereocenters. The lowest BCUT2D eigenvalue weighted by molar-refractivity contribution is -0.691. The van der Waals surface area contributed by atoms with Crippen molar-refractivity contribution in [3.8, 4) is 0 Å². The molecule has 5 aromatic carbocycles. The van der Waals surface area contributed by atoms with Crippen LogP contribution < -0.4 is 26.4 Å². The number of hydrogen-bond donors (Lipinski definition) is 0. The standard InChI is InChI=1S/C32H12BF24.C13H10Cl3N2O2/c34-25(35,36)13-1-14(26(37,38)39)6-21(5-13)33(22-7-15(27(40,41)42)2-16(8-22)28(43,44)45,23-9-17(29(46,47)48)3-18(10-23)30(49,50)51)24-11-19(31(52,53)54)4-20(12-24)32(55,56)57;14-13(15,16)20-12(19)11-8-17-6-7-18(11)9-10-4-2-1-3-5-10/h1-12H;1-8H,9H2/q-1;+1. The normalized spacial score (nSPS) is 13.5. The molecule has 0 unspecified atom stereocenters. The fourth-order valence-corrected chi connectivity index (χ4v) is 7.91. The molecule has 1 heterocycles. The lowest BCUT2D eigenvalue weighted by Gasteiger charge is -2.46. The summed E-state index contributed by atoms with van der Waals surface area (Å²) in [6.45, 7) is 0.480. The molecule has 0 spiro atoms. The summed E-state index contributed by atoms with van der Waals surface area (Å²) < 4.78 is 345. The van der Waals surface area contributed by atoms with Gasteiger partial charge in [-0.2, -0.15) is 132 Å². The van der Waals surface area contributed by atoms with Gasteiger partial charge in [-0.1, -0.05) is 78.9 Å². The molecular formula is C45H22BCl3F24N2O2. The molecule has 416 valence electrons. The third-order valence-corrected chi connectivity index (χ3v) is 11.1. The zero-order valence-electron chi connectivity index (χ0n) is 36.7. The van der Waals surface area contributed by atoms with Gasteiger partial charge in [-0.15, -0.1) is 0 Å². The summed E-state index contributed by atoms with van der Waals surface area (Å²) in [4.78, 5) is 15.8. The molecule has 77 heavy (non-hydrogen) atoms. The number of aromatic nitrogens is 2. The quantitative estimate of drug-likeness (QED) is 0.0526. The Morgan fingerprint density at radius 1 is 0.429 bits per heavy atom. The Balaban J connectivity index is 0.000000455. The van der Waals surface area contributed by atoms with Gasteiger partial charge in [0.1, 0.15) is 12.3 Å². The van der Waals surface area contributed by atoms with Crippen molar-refractivity contribution in [2.45, 2.75) is 59.9 Å². The van der Waals surface area contributed by atoms with E-state index in [-0.39, 0.29) is 5.69 Å². The molecule has 0 aliphatic rings. The van der Waals surface area contributed by atoms with Gasteiger partial charge in [0, 0.05) is 5.56 Å². The maximum atomic E-state index is 14.2. The highest BCUT2D eigenvalue weighted by atomic mass is 35.6. The number of halogens is 27. The lowest BCUT2D eigenvalue weighted by atomic mass is 9.12. The first-order valence-corrected chi connectivity index (χ1v) is 21.4. The molecule has 0 radical (unpaired) electrons. The minimum Gasteiger partial charge on any atom is -0.406 e. The van der Waals surface area contributed by atoms with Crippen molar-refractivity contribution in [3.05, 3.63) is 177 Å². The minimum absolute atomic E-state index is 0.197. The number of esters is 1. The van der Waals surface area contributed by atoms with Crippen LogP contribution in [0.15, 0.2) is 122 Å². The predicted molar refractivity (Wildman–Crippen MR) is 226 cm³/mol. The van der Waals surface area contributed by atoms with E-state index in [4.69, 9.17) is 39.5 Å². The first-order valence-electron chi connectivity index (χ1n) is 20.2. The average molecular weight is 1200 g/mol. The molecule has 6 rings (SSSR count). The molecular weight excluding hydrogens is 1170 g/mol. The first kappa shape index (κ1) is 61.8. The van der Waals surface area contributed by atoms with Crippen molar-refractivity contribution < 1.29 is 119 Å². The molecule has 0 aliphatic heterocycles. The minimum atomic E-state index is -6.13. The van der Waals surface area contributed by atoms with Crippen LogP contribution in [0.5, 0.6) is 0 Å². The van der Waals surface area contributed by atoms with E-state index in [1.165, 1.54) is 6.20 Å². The van der Waals surface area contributed by atoms with Crippen molar-refractivity contribution >= 4 is 68.8 Å². The SMILES string of the molecule is FC(F)(F)c1cc([B-](c2cc(C(F)(F)F)cc(C(F)(F)F)c2)(c2cc(C(F)(F)F)cc(C(F)(F)F)c2)c2cc(C(F)(F)F)cc(C(F)(F)F)c2)cc(C(F)(F)F)c1.O=C(OC(Cl)(Cl)Cl)c1cncc[n+]1Cc1ccccc1. The highest BCUT2D eigenvalue weighted by Crippen LogP contribution is 2.41. The third-order valence-electron chi connectivity index (χ3n) is 10.9. The van der Waals surface area contributed by atoms with E-state index >= 15 is 0 Å². The highest BCUT2D eigenvalue weighted by Gasteiger charge is 2.47. The molecule has 0 aliphatic carbocycles. The van der Waals surface area contributed by atoms with Gasteiger partial charge in [-0.05, 0) is 59.1 Å². The molecule has 4 nitrogen and oxygen atoms in total. The van der Waals surface area contributed by atoms with E-state index in [2.05, 4.69) is 4.98 Å². The van der Waals surface area contributed by atoms with Gasteiger partial charge >= 0.3 is 65.1 Å². The Morgan fingerprint density at radius 2 is 0.688 bits per heavy atom. The third kappa shape index (κ3) is 15.1. The Bertz CT molecular complexity index is 2670. The Hall–Kier alpha value is -6.10. The van der Waals surface area contributed by atoms with E-state index < -0.39 is 205 Å². The van der Waals surface area contributed by atoms with Crippen molar-refractivity contribution in [3.63, 3.8) is 0 Å². The summed E-state index contributed by atoms with van der Waals surface area (Å²) >= 11 is 16.3. The Kier molecular flexibility index (Phi) is 17.1. The maximum Gasteiger partial charge on any atom is 0.416 e. The van der Waals surface area contributed by atoms with Crippen LogP contribution in [0.4, 0.5) is 105 Å². The van der Waals surface area contributed by atoms with Gasteiger partial charge in [0.05, 0.1) is 50.7 Å². The highest BCUT2D eigenvalue weighted by molar-refractivity contribution is 7.20. The zero-order valence-corrected chi connectivity index (χ0v) is 39.0. The smallest absolute Gasteiger partial charge is 0.406 e. The number of hydrogen-bond acceptors (Lipinski definition) is 3. The molecule has 6 aromatic rings. The van der Waals surface area contributed by atoms with Crippen molar-refractivity contribution in [1.82, 2.24) is 4.98 Å². The largest absolute Gasteiger partial charge is 0.416 e. The summed E-state index contributed by atoms with van der Waals surface area (Å²) in [6.07, 6.45) is -50.2. The van der Waals surface area contributed by atoms with Crippen molar-refractivity contribution in [1.29, 1.82) is 0 Å². The maximum absolute atomic E-state index is 14.2. The molecule has 1 aromatic heterocycles. The van der Waals surface area contributed by atoms with E-state index in [1.807, 2.05) is 30.3 Å². The molecule has 0 fully saturated rings. The van der Waals surface area contributed by atoms with Gasteiger partial charge < -0.3 is 4.74 Å². The van der Waals surface area contributed by atoms with Gasteiger partial charge in [0.2, 0.25) is 0 Å². The molecule has 32 heteroatoms. The second-order valence-corrected chi connectivity index (χ2v) is 18.3. The van der Waals surface area contributed by atoms with Crippen LogP contribution in [0.1, 0.15) is 60.6 Å². The summed E-state index contributed by atoms with van der Waals surface area (Å²) in [5.41, 5.74) is -29.0. The number of benzene rings is 5. The first-order chi connectivity index (χ1) is 34.7. The van der Waals surface area contributed by atoms with Gasteiger partial charge in [-0.25, -0.2) is 4.79 Å². The fraction of sp³-hybridized carbons (Fsp3) is 0.222. The van der Waals surface area contributed by atoms with Crippen LogP contribution in [0.2, 0.25) is 0 Å². The van der Waals surface area contributed by atoms with E-state index in [9.17, 15) is 110 Å². The number of carbonyl (C=O) groups is 1. The zero-order chi connectivity index (χ0) is 58.5. The molecule has 0 saturated heterocycles. The summed E-state index contributed by atoms with van der Waals surface area (Å²) in [5, 5.41) is 0. The van der Waals surface area contributed by atoms with Crippen LogP contribution in [0, 0.1) is 0 Å². The van der Waals surface area contributed by atoms with Crippen LogP contribution in [0.3, 0.4) is 0 Å². The molecule has 0 N–H and O–H groups in total. The average Bonchev–Trinajstić information content (AvgIpc) is 3.27. The van der Waals surface area contributed by atoms with E-state index in [0.717, 1.165) is 5.56 Å².